The number of aromatic nitrogens is 2. The number of H-pyrrole nitrogens is 2. The molecular weight excluding hydrogens is 330 g/mol. The van der Waals surface area contributed by atoms with Gasteiger partial charge < -0.3 is 20.4 Å². The Hall–Kier alpha value is -2.09. The molecule has 1 saturated carbocycles. The predicted molar refractivity (Wildman–Crippen MR) is 74.5 cm³/mol. The predicted octanol–water partition coefficient (Wildman–Crippen LogP) is 1.28. The molecule has 1 aliphatic carbocycles. The molecule has 1 heterocycles. The van der Waals surface area contributed by atoms with Crippen LogP contribution in [-0.4, -0.2) is 27.0 Å². The van der Waals surface area contributed by atoms with Gasteiger partial charge in [0.25, 0.3) is 0 Å². The first-order valence-electron chi connectivity index (χ1n) is 5.91. The van der Waals surface area contributed by atoms with Crippen LogP contribution >= 0.6 is 15.9 Å². The maximum atomic E-state index is 11.9. The number of aliphatic carboxylic acids is 1. The zero-order chi connectivity index (χ0) is 14.4. The lowest BCUT2D eigenvalue weighted by Gasteiger charge is -2.07. The molecule has 7 nitrogen and oxygen atoms in total. The maximum absolute atomic E-state index is 11.9. The van der Waals surface area contributed by atoms with E-state index < -0.39 is 17.8 Å². The largest absolute Gasteiger partial charge is 0.481 e. The van der Waals surface area contributed by atoms with E-state index in [1.807, 2.05) is 0 Å². The molecule has 1 aliphatic rings. The SMILES string of the molecule is O=C(O)C1CC1C(=O)Nc1cc2[nH]c(=O)[nH]c2cc1Br. The molecule has 3 rings (SSSR count). The third-order valence-corrected chi connectivity index (χ3v) is 3.96. The molecule has 104 valence electrons. The average Bonchev–Trinajstić information content (AvgIpc) is 3.08. The molecule has 0 aliphatic heterocycles. The minimum absolute atomic E-state index is 0.324. The summed E-state index contributed by atoms with van der Waals surface area (Å²) in [5.74, 6) is -2.35. The number of halogens is 1. The van der Waals surface area contributed by atoms with Crippen molar-refractivity contribution in [1.82, 2.24) is 9.97 Å². The number of fused-ring (bicyclic) bond motifs is 1. The lowest BCUT2D eigenvalue weighted by atomic mass is 10.2. The molecule has 0 radical (unpaired) electrons. The lowest BCUT2D eigenvalue weighted by molar-refractivity contribution is -0.139. The van der Waals surface area contributed by atoms with Crippen LogP contribution in [0.15, 0.2) is 21.4 Å². The highest BCUT2D eigenvalue weighted by atomic mass is 79.9. The molecule has 0 bridgehead atoms. The van der Waals surface area contributed by atoms with E-state index in [0.29, 0.717) is 27.6 Å². The van der Waals surface area contributed by atoms with Gasteiger partial charge in [-0.25, -0.2) is 4.79 Å². The zero-order valence-electron chi connectivity index (χ0n) is 10.1. The molecular formula is C12H10BrN3O4. The van der Waals surface area contributed by atoms with Crippen LogP contribution in [0.3, 0.4) is 0 Å². The molecule has 0 saturated heterocycles. The summed E-state index contributed by atoms with van der Waals surface area (Å²) >= 11 is 3.30. The van der Waals surface area contributed by atoms with Gasteiger partial charge in [-0.05, 0) is 34.5 Å². The number of hydrogen-bond donors (Lipinski definition) is 4. The third kappa shape index (κ3) is 2.22. The Morgan fingerprint density at radius 1 is 1.25 bits per heavy atom. The van der Waals surface area contributed by atoms with Gasteiger partial charge in [0, 0.05) is 4.47 Å². The van der Waals surface area contributed by atoms with E-state index in [-0.39, 0.29) is 11.6 Å². The zero-order valence-corrected chi connectivity index (χ0v) is 11.7. The Morgan fingerprint density at radius 3 is 2.50 bits per heavy atom. The van der Waals surface area contributed by atoms with Crippen LogP contribution in [-0.2, 0) is 9.59 Å². The number of carbonyl (C=O) groups excluding carboxylic acids is 1. The second-order valence-corrected chi connectivity index (χ2v) is 5.59. The molecule has 0 spiro atoms. The Kier molecular flexibility index (Phi) is 2.89. The summed E-state index contributed by atoms with van der Waals surface area (Å²) in [6, 6.07) is 3.29. The van der Waals surface area contributed by atoms with Gasteiger partial charge in [0.15, 0.2) is 0 Å². The number of imidazole rings is 1. The highest BCUT2D eigenvalue weighted by molar-refractivity contribution is 9.10. The van der Waals surface area contributed by atoms with Gasteiger partial charge in [-0.15, -0.1) is 0 Å². The monoisotopic (exact) mass is 339 g/mol. The first kappa shape index (κ1) is 12.9. The number of aromatic amines is 2. The molecule has 1 aromatic carbocycles. The smallest absolute Gasteiger partial charge is 0.323 e. The van der Waals surface area contributed by atoms with Crippen molar-refractivity contribution in [3.63, 3.8) is 0 Å². The highest BCUT2D eigenvalue weighted by Crippen LogP contribution is 2.40. The Bertz CT molecular complexity index is 779. The lowest BCUT2D eigenvalue weighted by Crippen LogP contribution is -2.17. The minimum atomic E-state index is -0.949. The second kappa shape index (κ2) is 4.48. The van der Waals surface area contributed by atoms with Crippen LogP contribution in [0.2, 0.25) is 0 Å². The van der Waals surface area contributed by atoms with Crippen molar-refractivity contribution < 1.29 is 14.7 Å². The second-order valence-electron chi connectivity index (χ2n) is 4.73. The first-order valence-corrected chi connectivity index (χ1v) is 6.70. The first-order chi connectivity index (χ1) is 9.45. The highest BCUT2D eigenvalue weighted by Gasteiger charge is 2.48. The quantitative estimate of drug-likeness (QED) is 0.674. The number of rotatable bonds is 3. The Morgan fingerprint density at radius 2 is 1.90 bits per heavy atom. The number of anilines is 1. The van der Waals surface area contributed by atoms with Crippen molar-refractivity contribution >= 4 is 44.5 Å². The number of benzene rings is 1. The van der Waals surface area contributed by atoms with Gasteiger partial charge in [-0.3, -0.25) is 9.59 Å². The maximum Gasteiger partial charge on any atom is 0.323 e. The summed E-state index contributed by atoms with van der Waals surface area (Å²) in [7, 11) is 0. The normalized spacial score (nSPS) is 20.9. The fraction of sp³-hybridized carbons (Fsp3) is 0.250. The topological polar surface area (TPSA) is 115 Å². The number of carbonyl (C=O) groups is 2. The summed E-state index contributed by atoms with van der Waals surface area (Å²) in [5.41, 5.74) is 1.35. The van der Waals surface area contributed by atoms with Crippen LogP contribution in [0, 0.1) is 11.8 Å². The van der Waals surface area contributed by atoms with Gasteiger partial charge in [0.2, 0.25) is 5.91 Å². The van der Waals surface area contributed by atoms with Crippen LogP contribution in [0.5, 0.6) is 0 Å². The van der Waals surface area contributed by atoms with Gasteiger partial charge >= 0.3 is 11.7 Å². The number of carboxylic acid groups (broad SMARTS) is 1. The van der Waals surface area contributed by atoms with E-state index >= 15 is 0 Å². The van der Waals surface area contributed by atoms with Crippen molar-refractivity contribution in [2.45, 2.75) is 6.42 Å². The molecule has 8 heteroatoms. The van der Waals surface area contributed by atoms with Crippen molar-refractivity contribution in [3.8, 4) is 0 Å². The molecule has 1 aromatic heterocycles. The van der Waals surface area contributed by atoms with E-state index in [0.717, 1.165) is 0 Å². The average molecular weight is 340 g/mol. The fourth-order valence-corrected chi connectivity index (χ4v) is 2.58. The van der Waals surface area contributed by atoms with Crippen molar-refractivity contribution in [1.29, 1.82) is 0 Å². The summed E-state index contributed by atoms with van der Waals surface area (Å²) in [4.78, 5) is 39.0. The van der Waals surface area contributed by atoms with Crippen LogP contribution in [0.4, 0.5) is 5.69 Å². The summed E-state index contributed by atoms with van der Waals surface area (Å²) in [5, 5.41) is 11.5. The third-order valence-electron chi connectivity index (χ3n) is 3.31. The molecule has 2 unspecified atom stereocenters. The van der Waals surface area contributed by atoms with E-state index in [1.54, 1.807) is 12.1 Å². The molecule has 2 atom stereocenters. The van der Waals surface area contributed by atoms with Crippen LogP contribution in [0.25, 0.3) is 11.0 Å². The van der Waals surface area contributed by atoms with Crippen molar-refractivity contribution in [2.75, 3.05) is 5.32 Å². The molecule has 1 amide bonds. The fourth-order valence-electron chi connectivity index (χ4n) is 2.13. The van der Waals surface area contributed by atoms with Crippen LogP contribution < -0.4 is 11.0 Å². The van der Waals surface area contributed by atoms with Gasteiger partial charge in [-0.1, -0.05) is 0 Å². The number of carboxylic acids is 1. The van der Waals surface area contributed by atoms with Gasteiger partial charge in [0.05, 0.1) is 28.6 Å². The summed E-state index contributed by atoms with van der Waals surface area (Å²) in [6.45, 7) is 0. The minimum Gasteiger partial charge on any atom is -0.481 e. The van der Waals surface area contributed by atoms with Crippen molar-refractivity contribution in [2.24, 2.45) is 11.8 Å². The standard InChI is InChI=1S/C12H10BrN3O4/c13-6-2-8-9(16-12(20)15-8)3-7(6)14-10(17)4-1-5(4)11(18)19/h2-5H,1H2,(H,14,17)(H,18,19)(H2,15,16,20). The van der Waals surface area contributed by atoms with Crippen molar-refractivity contribution in [3.05, 3.63) is 27.1 Å². The summed E-state index contributed by atoms with van der Waals surface area (Å²) in [6.07, 6.45) is 0.363. The van der Waals surface area contributed by atoms with E-state index in [2.05, 4.69) is 31.2 Å². The molecule has 2 aromatic rings. The van der Waals surface area contributed by atoms with E-state index in [9.17, 15) is 14.4 Å². The van der Waals surface area contributed by atoms with E-state index in [1.165, 1.54) is 0 Å². The molecule has 1 fully saturated rings. The Balaban J connectivity index is 1.84. The Labute approximate surface area is 120 Å². The number of nitrogens with one attached hydrogen (secondary N) is 3. The van der Waals surface area contributed by atoms with Gasteiger partial charge in [-0.2, -0.15) is 0 Å². The number of amides is 1. The molecule has 4 N–H and O–H groups in total. The molecule has 20 heavy (non-hydrogen) atoms. The summed E-state index contributed by atoms with van der Waals surface area (Å²) < 4.78 is 0.612. The number of hydrogen-bond acceptors (Lipinski definition) is 3. The van der Waals surface area contributed by atoms with Gasteiger partial charge in [0.1, 0.15) is 0 Å². The van der Waals surface area contributed by atoms with E-state index in [4.69, 9.17) is 5.11 Å². The van der Waals surface area contributed by atoms with Crippen LogP contribution in [0.1, 0.15) is 6.42 Å².